The van der Waals surface area contributed by atoms with Gasteiger partial charge in [0, 0.05) is 28.7 Å². The van der Waals surface area contributed by atoms with Crippen molar-refractivity contribution in [1.82, 2.24) is 18.9 Å². The summed E-state index contributed by atoms with van der Waals surface area (Å²) in [7, 11) is 0. The highest BCUT2D eigenvalue weighted by Gasteiger charge is 2.12. The van der Waals surface area contributed by atoms with Crippen molar-refractivity contribution in [2.24, 2.45) is 0 Å². The van der Waals surface area contributed by atoms with Crippen LogP contribution in [0.3, 0.4) is 0 Å². The zero-order chi connectivity index (χ0) is 14.4. The smallest absolute Gasteiger partial charge is 0.151 e. The lowest BCUT2D eigenvalue weighted by Crippen LogP contribution is -1.86. The second kappa shape index (κ2) is 4.53. The fraction of sp³-hybridized carbons (Fsp3) is 0. The summed E-state index contributed by atoms with van der Waals surface area (Å²) in [6.45, 7) is 0. The van der Waals surface area contributed by atoms with Crippen LogP contribution in [0, 0.1) is 5.82 Å². The number of nitrogens with zero attached hydrogens (tertiary/aromatic N) is 4. The molecule has 0 N–H and O–H groups in total. The minimum atomic E-state index is -0.372. The Morgan fingerprint density at radius 1 is 1.05 bits per heavy atom. The molecule has 0 unspecified atom stereocenters. The first kappa shape index (κ1) is 12.3. The van der Waals surface area contributed by atoms with Gasteiger partial charge in [-0.2, -0.15) is 0 Å². The maximum atomic E-state index is 13.5. The molecule has 102 valence electrons. The van der Waals surface area contributed by atoms with Crippen molar-refractivity contribution >= 4 is 34.8 Å². The molecule has 0 saturated carbocycles. The Kier molecular flexibility index (Phi) is 2.65. The van der Waals surface area contributed by atoms with Crippen LogP contribution in [0.4, 0.5) is 4.39 Å². The number of halogens is 1. The predicted molar refractivity (Wildman–Crippen MR) is 82.6 cm³/mol. The minimum absolute atomic E-state index is 0.372. The molecule has 0 saturated heterocycles. The number of pyridine rings is 3. The number of thiol groups is 1. The number of hydrogen-bond acceptors (Lipinski definition) is 4. The second-order valence-corrected chi connectivity index (χ2v) is 5.06. The highest BCUT2D eigenvalue weighted by atomic mass is 32.1. The van der Waals surface area contributed by atoms with Crippen molar-refractivity contribution in [2.75, 3.05) is 0 Å². The summed E-state index contributed by atoms with van der Waals surface area (Å²) in [4.78, 5) is 12.6. The Balaban J connectivity index is 2.07. The third-order valence-electron chi connectivity index (χ3n) is 3.39. The van der Waals surface area contributed by atoms with Crippen LogP contribution in [0.1, 0.15) is 0 Å². The van der Waals surface area contributed by atoms with Crippen molar-refractivity contribution in [3.05, 3.63) is 54.9 Å². The van der Waals surface area contributed by atoms with E-state index in [1.54, 1.807) is 22.6 Å². The minimum Gasteiger partial charge on any atom is -0.268 e. The summed E-state index contributed by atoms with van der Waals surface area (Å²) in [6, 6.07) is 7.15. The maximum Gasteiger partial charge on any atom is 0.151 e. The van der Waals surface area contributed by atoms with E-state index in [4.69, 9.17) is 0 Å². The molecular weight excluding hydrogens is 287 g/mol. The van der Waals surface area contributed by atoms with Crippen molar-refractivity contribution in [2.45, 2.75) is 0 Å². The lowest BCUT2D eigenvalue weighted by Gasteiger charge is -2.00. The molecule has 0 spiro atoms. The summed E-state index contributed by atoms with van der Waals surface area (Å²) in [5.74, 6) is -0.372. The molecular formula is C15H9FN4S. The first-order valence-electron chi connectivity index (χ1n) is 6.29. The standard InChI is InChI=1S/C15H9FN4S/c16-10-4-12-11-5-13(9-2-1-3-17-6-9)18-8-14(11)20(21)15(12)19-7-10/h1-8,21H. The van der Waals surface area contributed by atoms with E-state index in [-0.39, 0.29) is 5.82 Å². The maximum absolute atomic E-state index is 13.5. The van der Waals surface area contributed by atoms with Crippen molar-refractivity contribution in [3.8, 4) is 11.3 Å². The van der Waals surface area contributed by atoms with E-state index in [1.807, 2.05) is 18.2 Å². The highest BCUT2D eigenvalue weighted by Crippen LogP contribution is 2.31. The number of hydrogen-bond donors (Lipinski definition) is 1. The van der Waals surface area contributed by atoms with Gasteiger partial charge >= 0.3 is 0 Å². The van der Waals surface area contributed by atoms with Crippen LogP contribution in [0.15, 0.2) is 49.1 Å². The Morgan fingerprint density at radius 3 is 2.76 bits per heavy atom. The molecule has 0 atom stereocenters. The molecule has 0 aliphatic carbocycles. The van der Waals surface area contributed by atoms with Gasteiger partial charge in [-0.3, -0.25) is 13.9 Å². The van der Waals surface area contributed by atoms with E-state index in [2.05, 4.69) is 27.8 Å². The molecule has 4 rings (SSSR count). The van der Waals surface area contributed by atoms with E-state index in [0.717, 1.165) is 22.2 Å². The molecule has 0 amide bonds. The summed E-state index contributed by atoms with van der Waals surface area (Å²) in [5, 5.41) is 1.58. The number of rotatable bonds is 1. The van der Waals surface area contributed by atoms with Crippen LogP contribution in [0.25, 0.3) is 33.2 Å². The molecule has 0 bridgehead atoms. The van der Waals surface area contributed by atoms with E-state index in [9.17, 15) is 4.39 Å². The van der Waals surface area contributed by atoms with Gasteiger partial charge < -0.3 is 0 Å². The molecule has 6 heteroatoms. The fourth-order valence-electron chi connectivity index (χ4n) is 2.42. The van der Waals surface area contributed by atoms with Gasteiger partial charge in [0.2, 0.25) is 0 Å². The first-order chi connectivity index (χ1) is 10.2. The molecule has 4 aromatic rings. The number of fused-ring (bicyclic) bond motifs is 3. The lowest BCUT2D eigenvalue weighted by atomic mass is 10.1. The molecule has 4 nitrogen and oxygen atoms in total. The summed E-state index contributed by atoms with van der Waals surface area (Å²) in [5.41, 5.74) is 3.09. The quantitative estimate of drug-likeness (QED) is 0.547. The molecule has 0 radical (unpaired) electrons. The predicted octanol–water partition coefficient (Wildman–Crippen LogP) is 3.48. The average Bonchev–Trinajstić information content (AvgIpc) is 2.80. The second-order valence-electron chi connectivity index (χ2n) is 4.66. The van der Waals surface area contributed by atoms with Crippen LogP contribution >= 0.6 is 12.8 Å². The van der Waals surface area contributed by atoms with E-state index >= 15 is 0 Å². The zero-order valence-electron chi connectivity index (χ0n) is 10.7. The van der Waals surface area contributed by atoms with Gasteiger partial charge in [0.15, 0.2) is 5.65 Å². The third kappa shape index (κ3) is 1.87. The summed E-state index contributed by atoms with van der Waals surface area (Å²) < 4.78 is 15.1. The van der Waals surface area contributed by atoms with Gasteiger partial charge in [0.05, 0.1) is 23.6 Å². The topological polar surface area (TPSA) is 43.6 Å². The van der Waals surface area contributed by atoms with E-state index in [0.29, 0.717) is 11.0 Å². The molecule has 4 heterocycles. The fourth-order valence-corrected chi connectivity index (χ4v) is 2.74. The molecule has 4 aromatic heterocycles. The monoisotopic (exact) mass is 296 g/mol. The van der Waals surface area contributed by atoms with Gasteiger partial charge in [-0.25, -0.2) is 9.37 Å². The number of aromatic nitrogens is 4. The van der Waals surface area contributed by atoms with Gasteiger partial charge in [-0.05, 0) is 24.3 Å². The van der Waals surface area contributed by atoms with Gasteiger partial charge in [0.25, 0.3) is 0 Å². The van der Waals surface area contributed by atoms with E-state index < -0.39 is 0 Å². The van der Waals surface area contributed by atoms with Crippen molar-refractivity contribution in [1.29, 1.82) is 0 Å². The van der Waals surface area contributed by atoms with E-state index in [1.165, 1.54) is 12.3 Å². The highest BCUT2D eigenvalue weighted by molar-refractivity contribution is 7.79. The summed E-state index contributed by atoms with van der Waals surface area (Å²) >= 11 is 4.40. The molecule has 0 aliphatic rings. The van der Waals surface area contributed by atoms with Crippen LogP contribution in [0.2, 0.25) is 0 Å². The normalized spacial score (nSPS) is 11.3. The van der Waals surface area contributed by atoms with Gasteiger partial charge in [-0.1, -0.05) is 12.8 Å². The molecule has 0 aromatic carbocycles. The van der Waals surface area contributed by atoms with Crippen LogP contribution in [0.5, 0.6) is 0 Å². The molecule has 0 fully saturated rings. The SMILES string of the molecule is Fc1cnc2c(c1)c1cc(-c3cccnc3)ncc1n2S. The van der Waals surface area contributed by atoms with Gasteiger partial charge in [-0.15, -0.1) is 0 Å². The Bertz CT molecular complexity index is 966. The van der Waals surface area contributed by atoms with Crippen LogP contribution in [-0.2, 0) is 0 Å². The molecule has 21 heavy (non-hydrogen) atoms. The lowest BCUT2D eigenvalue weighted by molar-refractivity contribution is 0.624. The van der Waals surface area contributed by atoms with Gasteiger partial charge in [0.1, 0.15) is 5.82 Å². The first-order valence-corrected chi connectivity index (χ1v) is 6.69. The zero-order valence-corrected chi connectivity index (χ0v) is 11.6. The van der Waals surface area contributed by atoms with Crippen molar-refractivity contribution in [3.63, 3.8) is 0 Å². The average molecular weight is 296 g/mol. The molecule has 0 aliphatic heterocycles. The van der Waals surface area contributed by atoms with Crippen molar-refractivity contribution < 1.29 is 4.39 Å². The largest absolute Gasteiger partial charge is 0.268 e. The van der Waals surface area contributed by atoms with Crippen LogP contribution in [-0.4, -0.2) is 18.9 Å². The Morgan fingerprint density at radius 2 is 1.95 bits per heavy atom. The Labute approximate surface area is 124 Å². The third-order valence-corrected chi connectivity index (χ3v) is 3.80. The summed E-state index contributed by atoms with van der Waals surface area (Å²) in [6.07, 6.45) is 6.35. The Hall–Kier alpha value is -2.47. The van der Waals surface area contributed by atoms with Crippen LogP contribution < -0.4 is 0 Å².